The second-order valence-electron chi connectivity index (χ2n) is 6.06. The summed E-state index contributed by atoms with van der Waals surface area (Å²) in [6, 6.07) is 3.79. The largest absolute Gasteiger partial charge is 0.391 e. The number of thiophene rings is 1. The Kier molecular flexibility index (Phi) is 4.17. The number of aliphatic hydroxyl groups excluding tert-OH is 1. The molecule has 3 rings (SSSR count). The van der Waals surface area contributed by atoms with Gasteiger partial charge in [0.15, 0.2) is 9.84 Å². The van der Waals surface area contributed by atoms with Gasteiger partial charge < -0.3 is 10.4 Å². The fraction of sp³-hybridized carbons (Fsp3) is 0.714. The van der Waals surface area contributed by atoms with Crippen LogP contribution < -0.4 is 5.32 Å². The van der Waals surface area contributed by atoms with E-state index in [4.69, 9.17) is 0 Å². The number of rotatable bonds is 6. The summed E-state index contributed by atoms with van der Waals surface area (Å²) in [5.74, 6) is 1.40. The molecule has 6 heteroatoms. The van der Waals surface area contributed by atoms with Crippen molar-refractivity contribution in [3.05, 3.63) is 17.5 Å². The van der Waals surface area contributed by atoms with Gasteiger partial charge in [-0.25, -0.2) is 8.42 Å². The number of sulfone groups is 1. The molecule has 4 nitrogen and oxygen atoms in total. The van der Waals surface area contributed by atoms with E-state index in [1.165, 1.54) is 37.0 Å². The lowest BCUT2D eigenvalue weighted by molar-refractivity contribution is 0.181. The first-order valence-electron chi connectivity index (χ1n) is 7.22. The fourth-order valence-corrected chi connectivity index (χ4v) is 6.10. The number of fused-ring (bicyclic) bond motifs is 2. The maximum atomic E-state index is 12.1. The highest BCUT2D eigenvalue weighted by Gasteiger charge is 2.39. The SMILES string of the molecule is O=S(=O)(CC(O)CNC1CC2CCC1C2)c1cccs1. The topological polar surface area (TPSA) is 66.4 Å². The Morgan fingerprint density at radius 1 is 1.40 bits per heavy atom. The predicted molar refractivity (Wildman–Crippen MR) is 79.6 cm³/mol. The second kappa shape index (κ2) is 5.75. The maximum Gasteiger partial charge on any atom is 0.190 e. The van der Waals surface area contributed by atoms with Crippen molar-refractivity contribution in [1.82, 2.24) is 5.32 Å². The van der Waals surface area contributed by atoms with Crippen LogP contribution in [0.1, 0.15) is 25.7 Å². The molecule has 0 aromatic carbocycles. The summed E-state index contributed by atoms with van der Waals surface area (Å²) >= 11 is 1.21. The molecule has 2 bridgehead atoms. The molecule has 112 valence electrons. The number of nitrogens with one attached hydrogen (secondary N) is 1. The lowest BCUT2D eigenvalue weighted by Gasteiger charge is -2.24. The van der Waals surface area contributed by atoms with Crippen molar-refractivity contribution in [2.45, 2.75) is 42.0 Å². The first-order valence-corrected chi connectivity index (χ1v) is 9.75. The van der Waals surface area contributed by atoms with Crippen LogP contribution >= 0.6 is 11.3 Å². The highest BCUT2D eigenvalue weighted by molar-refractivity contribution is 7.93. The van der Waals surface area contributed by atoms with Gasteiger partial charge in [0.25, 0.3) is 0 Å². The van der Waals surface area contributed by atoms with Crippen molar-refractivity contribution < 1.29 is 13.5 Å². The minimum absolute atomic E-state index is 0.193. The van der Waals surface area contributed by atoms with Crippen LogP contribution in [0.3, 0.4) is 0 Å². The molecule has 4 unspecified atom stereocenters. The summed E-state index contributed by atoms with van der Waals surface area (Å²) < 4.78 is 24.4. The standard InChI is InChI=1S/C14H21NO3S2/c16-12(9-20(17,18)14-2-1-5-19-14)8-15-13-7-10-3-4-11(13)6-10/h1-2,5,10-13,15-16H,3-4,6-9H2. The van der Waals surface area contributed by atoms with Gasteiger partial charge in [-0.2, -0.15) is 0 Å². The van der Waals surface area contributed by atoms with Crippen molar-refractivity contribution in [2.75, 3.05) is 12.3 Å². The second-order valence-corrected chi connectivity index (χ2v) is 9.27. The summed E-state index contributed by atoms with van der Waals surface area (Å²) in [6.07, 6.45) is 4.29. The molecule has 2 aliphatic carbocycles. The van der Waals surface area contributed by atoms with Crippen molar-refractivity contribution in [3.8, 4) is 0 Å². The van der Waals surface area contributed by atoms with E-state index in [0.717, 1.165) is 11.8 Å². The van der Waals surface area contributed by atoms with E-state index < -0.39 is 15.9 Å². The van der Waals surface area contributed by atoms with Crippen LogP contribution in [-0.4, -0.2) is 38.0 Å². The minimum atomic E-state index is -3.34. The first-order chi connectivity index (χ1) is 9.54. The lowest BCUT2D eigenvalue weighted by Crippen LogP contribution is -2.40. The van der Waals surface area contributed by atoms with E-state index in [9.17, 15) is 13.5 Å². The van der Waals surface area contributed by atoms with E-state index in [2.05, 4.69) is 5.32 Å². The molecule has 1 heterocycles. The Morgan fingerprint density at radius 2 is 2.25 bits per heavy atom. The molecule has 4 atom stereocenters. The molecular formula is C14H21NO3S2. The van der Waals surface area contributed by atoms with E-state index in [-0.39, 0.29) is 5.75 Å². The Labute approximate surface area is 124 Å². The normalized spacial score (nSPS) is 30.8. The van der Waals surface area contributed by atoms with Crippen LogP contribution in [-0.2, 0) is 9.84 Å². The summed E-state index contributed by atoms with van der Waals surface area (Å²) in [5, 5.41) is 15.1. The van der Waals surface area contributed by atoms with Crippen LogP contribution in [0.2, 0.25) is 0 Å². The van der Waals surface area contributed by atoms with Gasteiger partial charge in [-0.15, -0.1) is 11.3 Å². The van der Waals surface area contributed by atoms with Gasteiger partial charge in [0.05, 0.1) is 11.9 Å². The van der Waals surface area contributed by atoms with Crippen LogP contribution in [0.5, 0.6) is 0 Å². The molecule has 0 amide bonds. The van der Waals surface area contributed by atoms with E-state index in [1.54, 1.807) is 17.5 Å². The van der Waals surface area contributed by atoms with Crippen LogP contribution in [0.25, 0.3) is 0 Å². The van der Waals surface area contributed by atoms with Crippen LogP contribution in [0.4, 0.5) is 0 Å². The predicted octanol–water partition coefficient (Wildman–Crippen LogP) is 1.66. The van der Waals surface area contributed by atoms with Gasteiger partial charge in [-0.05, 0) is 42.5 Å². The third-order valence-electron chi connectivity index (χ3n) is 4.57. The summed E-state index contributed by atoms with van der Waals surface area (Å²) in [7, 11) is -3.34. The molecule has 1 aromatic heterocycles. The molecule has 0 spiro atoms. The van der Waals surface area contributed by atoms with Gasteiger partial charge in [0, 0.05) is 12.6 Å². The van der Waals surface area contributed by atoms with Crippen LogP contribution in [0, 0.1) is 11.8 Å². The lowest BCUT2D eigenvalue weighted by atomic mass is 9.95. The third-order valence-corrected chi connectivity index (χ3v) is 7.85. The summed E-state index contributed by atoms with van der Waals surface area (Å²) in [6.45, 7) is 0.374. The molecule has 0 radical (unpaired) electrons. The molecule has 0 aliphatic heterocycles. The molecule has 20 heavy (non-hydrogen) atoms. The molecule has 0 saturated heterocycles. The third kappa shape index (κ3) is 3.08. The van der Waals surface area contributed by atoms with Crippen molar-refractivity contribution in [3.63, 3.8) is 0 Å². The molecule has 2 aliphatic rings. The Bertz CT molecular complexity index is 541. The van der Waals surface area contributed by atoms with E-state index >= 15 is 0 Å². The monoisotopic (exact) mass is 315 g/mol. The molecule has 1 aromatic rings. The molecule has 2 saturated carbocycles. The zero-order valence-electron chi connectivity index (χ0n) is 11.4. The smallest absolute Gasteiger partial charge is 0.190 e. The van der Waals surface area contributed by atoms with Crippen molar-refractivity contribution in [1.29, 1.82) is 0 Å². The van der Waals surface area contributed by atoms with Crippen LogP contribution in [0.15, 0.2) is 21.7 Å². The van der Waals surface area contributed by atoms with Gasteiger partial charge in [0.2, 0.25) is 0 Å². The van der Waals surface area contributed by atoms with Gasteiger partial charge in [0.1, 0.15) is 4.21 Å². The van der Waals surface area contributed by atoms with Gasteiger partial charge in [-0.1, -0.05) is 12.5 Å². The van der Waals surface area contributed by atoms with E-state index in [0.29, 0.717) is 16.8 Å². The quantitative estimate of drug-likeness (QED) is 0.838. The number of hydrogen-bond donors (Lipinski definition) is 2. The Hall–Kier alpha value is -0.430. The average molecular weight is 315 g/mol. The van der Waals surface area contributed by atoms with E-state index in [1.807, 2.05) is 0 Å². The highest BCUT2D eigenvalue weighted by Crippen LogP contribution is 2.44. The maximum absolute atomic E-state index is 12.1. The van der Waals surface area contributed by atoms with Gasteiger partial charge >= 0.3 is 0 Å². The molecule has 2 N–H and O–H groups in total. The summed E-state index contributed by atoms with van der Waals surface area (Å²) in [4.78, 5) is 0. The Balaban J connectivity index is 1.49. The summed E-state index contributed by atoms with van der Waals surface area (Å²) in [5.41, 5.74) is 0. The number of aliphatic hydroxyl groups is 1. The Morgan fingerprint density at radius 3 is 2.85 bits per heavy atom. The zero-order chi connectivity index (χ0) is 14.2. The molecular weight excluding hydrogens is 294 g/mol. The fourth-order valence-electron chi connectivity index (χ4n) is 3.62. The van der Waals surface area contributed by atoms with Gasteiger partial charge in [-0.3, -0.25) is 0 Å². The first kappa shape index (κ1) is 14.5. The molecule has 2 fully saturated rings. The minimum Gasteiger partial charge on any atom is -0.391 e. The van der Waals surface area contributed by atoms with Crippen molar-refractivity contribution >= 4 is 21.2 Å². The van der Waals surface area contributed by atoms with Crippen molar-refractivity contribution in [2.24, 2.45) is 11.8 Å². The number of hydrogen-bond acceptors (Lipinski definition) is 5. The zero-order valence-corrected chi connectivity index (χ0v) is 13.0. The highest BCUT2D eigenvalue weighted by atomic mass is 32.2. The average Bonchev–Trinajstić information content (AvgIpc) is 3.12.